The maximum atomic E-state index is 8.84. The van der Waals surface area contributed by atoms with E-state index in [0.717, 1.165) is 24.2 Å². The smallest absolute Gasteiger partial charge is 0.0651 e. The third-order valence-corrected chi connectivity index (χ3v) is 2.92. The van der Waals surface area contributed by atoms with Crippen LogP contribution < -0.4 is 5.32 Å². The Morgan fingerprint density at radius 2 is 2.28 bits per heavy atom. The zero-order chi connectivity index (χ0) is 12.8. The van der Waals surface area contributed by atoms with Crippen LogP contribution >= 0.6 is 0 Å². The number of H-pyrrole nitrogens is 1. The molecule has 0 aliphatic rings. The van der Waals surface area contributed by atoms with Gasteiger partial charge in [-0.2, -0.15) is 5.10 Å². The fraction of sp³-hybridized carbons (Fsp3) is 0.357. The number of nitrogens with one attached hydrogen (secondary N) is 2. The number of aromatic amines is 1. The van der Waals surface area contributed by atoms with Gasteiger partial charge in [-0.1, -0.05) is 12.1 Å². The van der Waals surface area contributed by atoms with Crippen molar-refractivity contribution in [1.29, 1.82) is 0 Å². The number of aryl methyl sites for hydroxylation is 1. The lowest BCUT2D eigenvalue weighted by Gasteiger charge is -2.14. The van der Waals surface area contributed by atoms with E-state index in [1.807, 2.05) is 12.1 Å². The third kappa shape index (κ3) is 3.34. The Labute approximate surface area is 107 Å². The molecule has 1 atom stereocenters. The van der Waals surface area contributed by atoms with Gasteiger partial charge in [0.25, 0.3) is 0 Å². The van der Waals surface area contributed by atoms with Gasteiger partial charge in [-0.15, -0.1) is 0 Å². The lowest BCUT2D eigenvalue weighted by atomic mass is 10.1. The number of anilines is 1. The van der Waals surface area contributed by atoms with Crippen molar-refractivity contribution in [3.8, 4) is 0 Å². The molecule has 96 valence electrons. The second kappa shape index (κ2) is 6.21. The van der Waals surface area contributed by atoms with Crippen molar-refractivity contribution in [3.63, 3.8) is 0 Å². The molecule has 1 heterocycles. The zero-order valence-corrected chi connectivity index (χ0v) is 10.6. The molecule has 0 saturated heterocycles. The van der Waals surface area contributed by atoms with Crippen LogP contribution in [0.4, 0.5) is 5.69 Å². The van der Waals surface area contributed by atoms with Crippen LogP contribution in [0.25, 0.3) is 0 Å². The molecule has 0 aliphatic heterocycles. The number of aliphatic hydroxyl groups is 1. The van der Waals surface area contributed by atoms with E-state index in [-0.39, 0.29) is 12.6 Å². The van der Waals surface area contributed by atoms with Gasteiger partial charge < -0.3 is 10.4 Å². The Morgan fingerprint density at radius 1 is 1.39 bits per heavy atom. The molecular formula is C14H19N3O. The Morgan fingerprint density at radius 3 is 3.00 bits per heavy atom. The van der Waals surface area contributed by atoms with E-state index in [9.17, 15) is 0 Å². The normalized spacial score (nSPS) is 12.3. The van der Waals surface area contributed by atoms with Gasteiger partial charge in [0.05, 0.1) is 11.7 Å². The molecule has 0 bridgehead atoms. The average molecular weight is 245 g/mol. The molecule has 0 amide bonds. The van der Waals surface area contributed by atoms with Gasteiger partial charge in [0.2, 0.25) is 0 Å². The van der Waals surface area contributed by atoms with Gasteiger partial charge in [0.1, 0.15) is 0 Å². The van der Waals surface area contributed by atoms with Gasteiger partial charge in [0.15, 0.2) is 0 Å². The number of hydrogen-bond donors (Lipinski definition) is 3. The van der Waals surface area contributed by atoms with E-state index in [1.54, 1.807) is 6.20 Å². The second-order valence-electron chi connectivity index (χ2n) is 4.41. The minimum atomic E-state index is 0.195. The van der Waals surface area contributed by atoms with Gasteiger partial charge in [0, 0.05) is 18.5 Å². The molecule has 1 aromatic heterocycles. The van der Waals surface area contributed by atoms with Crippen LogP contribution in [0.2, 0.25) is 0 Å². The summed E-state index contributed by atoms with van der Waals surface area (Å²) < 4.78 is 0. The minimum Gasteiger partial charge on any atom is -0.396 e. The first-order valence-electron chi connectivity index (χ1n) is 6.25. The highest BCUT2D eigenvalue weighted by Gasteiger charge is 2.06. The van der Waals surface area contributed by atoms with E-state index in [4.69, 9.17) is 5.11 Å². The Balaban J connectivity index is 2.00. The maximum Gasteiger partial charge on any atom is 0.0651 e. The summed E-state index contributed by atoms with van der Waals surface area (Å²) in [4.78, 5) is 0. The van der Waals surface area contributed by atoms with E-state index in [2.05, 4.69) is 40.6 Å². The number of hydrogen-bond acceptors (Lipinski definition) is 3. The first kappa shape index (κ1) is 12.6. The molecule has 0 aliphatic carbocycles. The van der Waals surface area contributed by atoms with Gasteiger partial charge in [-0.05, 0) is 43.5 Å². The quantitative estimate of drug-likeness (QED) is 0.732. The fourth-order valence-corrected chi connectivity index (χ4v) is 1.94. The van der Waals surface area contributed by atoms with Crippen molar-refractivity contribution < 1.29 is 5.11 Å². The van der Waals surface area contributed by atoms with Crippen molar-refractivity contribution >= 4 is 5.69 Å². The van der Waals surface area contributed by atoms with E-state index in [1.165, 1.54) is 5.56 Å². The van der Waals surface area contributed by atoms with Crippen molar-refractivity contribution in [2.45, 2.75) is 25.8 Å². The standard InChI is InChI=1S/C14H19N3O/c1-11(14-7-8-15-17-14)16-13-6-2-4-12(10-13)5-3-9-18/h2,4,6-8,10-11,16,18H,3,5,9H2,1H3,(H,15,17). The summed E-state index contributed by atoms with van der Waals surface area (Å²) in [5, 5.41) is 19.2. The van der Waals surface area contributed by atoms with Crippen LogP contribution in [0.1, 0.15) is 30.6 Å². The molecule has 1 aromatic carbocycles. The van der Waals surface area contributed by atoms with Crippen LogP contribution in [0.5, 0.6) is 0 Å². The molecule has 2 aromatic rings. The minimum absolute atomic E-state index is 0.195. The molecular weight excluding hydrogens is 226 g/mol. The third-order valence-electron chi connectivity index (χ3n) is 2.92. The molecule has 1 unspecified atom stereocenters. The topological polar surface area (TPSA) is 60.9 Å². The number of aromatic nitrogens is 2. The highest BCUT2D eigenvalue weighted by Crippen LogP contribution is 2.18. The summed E-state index contributed by atoms with van der Waals surface area (Å²) in [6, 6.07) is 10.5. The second-order valence-corrected chi connectivity index (χ2v) is 4.41. The van der Waals surface area contributed by atoms with Gasteiger partial charge in [-0.3, -0.25) is 5.10 Å². The SMILES string of the molecule is CC(Nc1cccc(CCCO)c1)c1ccn[nH]1. The lowest BCUT2D eigenvalue weighted by molar-refractivity contribution is 0.288. The summed E-state index contributed by atoms with van der Waals surface area (Å²) in [6.07, 6.45) is 3.47. The Hall–Kier alpha value is -1.81. The largest absolute Gasteiger partial charge is 0.396 e. The fourth-order valence-electron chi connectivity index (χ4n) is 1.94. The average Bonchev–Trinajstić information content (AvgIpc) is 2.91. The number of rotatable bonds is 6. The maximum absolute atomic E-state index is 8.84. The van der Waals surface area contributed by atoms with Crippen molar-refractivity contribution in [2.75, 3.05) is 11.9 Å². The Kier molecular flexibility index (Phi) is 4.36. The van der Waals surface area contributed by atoms with E-state index in [0.29, 0.717) is 0 Å². The molecule has 4 heteroatoms. The number of nitrogens with zero attached hydrogens (tertiary/aromatic N) is 1. The summed E-state index contributed by atoms with van der Waals surface area (Å²) in [5.41, 5.74) is 3.40. The molecule has 0 fully saturated rings. The Bertz CT molecular complexity index is 468. The van der Waals surface area contributed by atoms with Crippen LogP contribution in [0.15, 0.2) is 36.5 Å². The van der Waals surface area contributed by atoms with E-state index < -0.39 is 0 Å². The van der Waals surface area contributed by atoms with Gasteiger partial charge in [-0.25, -0.2) is 0 Å². The summed E-state index contributed by atoms with van der Waals surface area (Å²) in [5.74, 6) is 0. The van der Waals surface area contributed by atoms with Crippen molar-refractivity contribution in [1.82, 2.24) is 10.2 Å². The first-order chi connectivity index (χ1) is 8.79. The highest BCUT2D eigenvalue weighted by molar-refractivity contribution is 5.47. The first-order valence-corrected chi connectivity index (χ1v) is 6.25. The molecule has 0 radical (unpaired) electrons. The van der Waals surface area contributed by atoms with Crippen LogP contribution in [0.3, 0.4) is 0 Å². The molecule has 0 saturated carbocycles. The van der Waals surface area contributed by atoms with Crippen molar-refractivity contribution in [2.24, 2.45) is 0 Å². The number of benzene rings is 1. The van der Waals surface area contributed by atoms with Crippen molar-refractivity contribution in [3.05, 3.63) is 47.8 Å². The van der Waals surface area contributed by atoms with Crippen LogP contribution in [-0.2, 0) is 6.42 Å². The van der Waals surface area contributed by atoms with E-state index >= 15 is 0 Å². The predicted octanol–water partition coefficient (Wildman–Crippen LogP) is 2.51. The predicted molar refractivity (Wildman–Crippen MR) is 72.5 cm³/mol. The molecule has 4 nitrogen and oxygen atoms in total. The summed E-state index contributed by atoms with van der Waals surface area (Å²) >= 11 is 0. The molecule has 2 rings (SSSR count). The molecule has 3 N–H and O–H groups in total. The van der Waals surface area contributed by atoms with Crippen LogP contribution in [-0.4, -0.2) is 21.9 Å². The monoisotopic (exact) mass is 245 g/mol. The molecule has 18 heavy (non-hydrogen) atoms. The van der Waals surface area contributed by atoms with Gasteiger partial charge >= 0.3 is 0 Å². The lowest BCUT2D eigenvalue weighted by Crippen LogP contribution is -2.07. The number of aliphatic hydroxyl groups excluding tert-OH is 1. The highest BCUT2D eigenvalue weighted by atomic mass is 16.2. The zero-order valence-electron chi connectivity index (χ0n) is 10.6. The summed E-state index contributed by atoms with van der Waals surface area (Å²) in [6.45, 7) is 2.33. The summed E-state index contributed by atoms with van der Waals surface area (Å²) in [7, 11) is 0. The van der Waals surface area contributed by atoms with Crippen LogP contribution in [0, 0.1) is 0 Å². The molecule has 0 spiro atoms.